The molecule has 0 saturated carbocycles. The van der Waals surface area contributed by atoms with Crippen molar-refractivity contribution >= 4 is 5.97 Å². The molecule has 1 aliphatic heterocycles. The smallest absolute Gasteiger partial charge is 0.303 e. The fourth-order valence-electron chi connectivity index (χ4n) is 3.49. The lowest BCUT2D eigenvalue weighted by Gasteiger charge is -2.39. The summed E-state index contributed by atoms with van der Waals surface area (Å²) >= 11 is 0. The summed E-state index contributed by atoms with van der Waals surface area (Å²) < 4.78 is 34.0. The van der Waals surface area contributed by atoms with Crippen LogP contribution in [-0.2, 0) is 14.3 Å². The van der Waals surface area contributed by atoms with E-state index in [1.165, 1.54) is 6.92 Å². The molecule has 2 aromatic carbocycles. The number of ether oxygens (including phenoxy) is 6. The zero-order chi connectivity index (χ0) is 21.0. The lowest BCUT2D eigenvalue weighted by atomic mass is 9.91. The number of rotatable bonds is 7. The van der Waals surface area contributed by atoms with Crippen molar-refractivity contribution in [2.24, 2.45) is 0 Å². The number of hydrogen-bond acceptors (Lipinski definition) is 7. The molecule has 7 nitrogen and oxygen atoms in total. The molecule has 0 aromatic heterocycles. The number of benzene rings is 2. The van der Waals surface area contributed by atoms with E-state index >= 15 is 0 Å². The first kappa shape index (κ1) is 20.8. The van der Waals surface area contributed by atoms with Crippen molar-refractivity contribution in [2.75, 3.05) is 27.9 Å². The van der Waals surface area contributed by atoms with Crippen LogP contribution in [0.5, 0.6) is 23.0 Å². The third kappa shape index (κ3) is 4.24. The molecule has 156 valence electrons. The van der Waals surface area contributed by atoms with Crippen molar-refractivity contribution in [3.05, 3.63) is 47.5 Å². The van der Waals surface area contributed by atoms with Gasteiger partial charge in [0.05, 0.1) is 21.3 Å². The normalized spacial score (nSPS) is 20.2. The molecule has 0 saturated heterocycles. The lowest BCUT2D eigenvalue weighted by molar-refractivity contribution is -0.169. The Morgan fingerprint density at radius 1 is 1.00 bits per heavy atom. The molecule has 0 aliphatic carbocycles. The van der Waals surface area contributed by atoms with E-state index in [4.69, 9.17) is 28.4 Å². The Hall–Kier alpha value is -2.93. The molecule has 0 amide bonds. The van der Waals surface area contributed by atoms with Gasteiger partial charge in [-0.05, 0) is 31.2 Å². The van der Waals surface area contributed by atoms with E-state index in [1.807, 2.05) is 31.2 Å². The summed E-state index contributed by atoms with van der Waals surface area (Å²) in [5.41, 5.74) is 1.57. The maximum absolute atomic E-state index is 11.9. The van der Waals surface area contributed by atoms with E-state index in [0.29, 0.717) is 29.6 Å². The van der Waals surface area contributed by atoms with Crippen molar-refractivity contribution in [2.45, 2.75) is 32.2 Å². The average Bonchev–Trinajstić information content (AvgIpc) is 2.73. The Bertz CT molecular complexity index is 864. The SMILES string of the molecule is CCOC1c2ccc(OC)cc2OC(c2ccc(OC)c(OC)c2)C1OC(C)=O. The van der Waals surface area contributed by atoms with Gasteiger partial charge in [0, 0.05) is 30.7 Å². The lowest BCUT2D eigenvalue weighted by Crippen LogP contribution is -2.39. The zero-order valence-corrected chi connectivity index (χ0v) is 17.3. The summed E-state index contributed by atoms with van der Waals surface area (Å²) in [7, 11) is 4.73. The summed E-state index contributed by atoms with van der Waals surface area (Å²) in [6.07, 6.45) is -1.77. The van der Waals surface area contributed by atoms with Crippen LogP contribution in [0.2, 0.25) is 0 Å². The van der Waals surface area contributed by atoms with Crippen LogP contribution in [0.15, 0.2) is 36.4 Å². The number of carbonyl (C=O) groups is 1. The van der Waals surface area contributed by atoms with E-state index in [-0.39, 0.29) is 0 Å². The van der Waals surface area contributed by atoms with Crippen molar-refractivity contribution in [1.82, 2.24) is 0 Å². The first-order valence-electron chi connectivity index (χ1n) is 9.37. The van der Waals surface area contributed by atoms with Crippen molar-refractivity contribution in [3.8, 4) is 23.0 Å². The van der Waals surface area contributed by atoms with Gasteiger partial charge in [0.25, 0.3) is 0 Å². The molecule has 29 heavy (non-hydrogen) atoms. The maximum atomic E-state index is 11.9. The Kier molecular flexibility index (Phi) is 6.49. The summed E-state index contributed by atoms with van der Waals surface area (Å²) in [6.45, 7) is 3.72. The number of fused-ring (bicyclic) bond motifs is 1. The molecule has 1 aliphatic rings. The van der Waals surface area contributed by atoms with E-state index in [0.717, 1.165) is 11.1 Å². The van der Waals surface area contributed by atoms with Crippen molar-refractivity contribution < 1.29 is 33.2 Å². The minimum absolute atomic E-state index is 0.411. The predicted molar refractivity (Wildman–Crippen MR) is 106 cm³/mol. The first-order valence-corrected chi connectivity index (χ1v) is 9.37. The van der Waals surface area contributed by atoms with E-state index in [9.17, 15) is 4.79 Å². The minimum Gasteiger partial charge on any atom is -0.497 e. The highest BCUT2D eigenvalue weighted by Crippen LogP contribution is 2.46. The van der Waals surface area contributed by atoms with Crippen LogP contribution < -0.4 is 18.9 Å². The summed E-state index contributed by atoms with van der Waals surface area (Å²) in [5, 5.41) is 0. The van der Waals surface area contributed by atoms with E-state index < -0.39 is 24.3 Å². The molecule has 0 radical (unpaired) electrons. The van der Waals surface area contributed by atoms with Crippen molar-refractivity contribution in [3.63, 3.8) is 0 Å². The molecule has 3 unspecified atom stereocenters. The molecule has 3 rings (SSSR count). The standard InChI is InChI=1S/C22H26O7/c1-6-27-21-16-9-8-15(24-3)12-18(16)29-20(22(21)28-13(2)23)14-7-10-17(25-4)19(11-14)26-5/h7-12,20-22H,6H2,1-5H3. The Morgan fingerprint density at radius 3 is 2.38 bits per heavy atom. The highest BCUT2D eigenvalue weighted by Gasteiger charge is 2.42. The van der Waals surface area contributed by atoms with Crippen LogP contribution in [0, 0.1) is 0 Å². The molecule has 0 spiro atoms. The summed E-state index contributed by atoms with van der Waals surface area (Å²) in [5.74, 6) is 2.02. The molecule has 0 N–H and O–H groups in total. The van der Waals surface area contributed by atoms with Crippen LogP contribution in [-0.4, -0.2) is 40.0 Å². The van der Waals surface area contributed by atoms with Crippen LogP contribution in [0.1, 0.15) is 37.2 Å². The second-order valence-electron chi connectivity index (χ2n) is 6.51. The Morgan fingerprint density at radius 2 is 1.76 bits per heavy atom. The van der Waals surface area contributed by atoms with Crippen LogP contribution in [0.25, 0.3) is 0 Å². The minimum atomic E-state index is -0.675. The average molecular weight is 402 g/mol. The van der Waals surface area contributed by atoms with Gasteiger partial charge in [-0.2, -0.15) is 0 Å². The van der Waals surface area contributed by atoms with Gasteiger partial charge in [-0.1, -0.05) is 6.07 Å². The van der Waals surface area contributed by atoms with Gasteiger partial charge in [0.15, 0.2) is 23.7 Å². The largest absolute Gasteiger partial charge is 0.497 e. The van der Waals surface area contributed by atoms with Crippen molar-refractivity contribution in [1.29, 1.82) is 0 Å². The molecule has 3 atom stereocenters. The monoisotopic (exact) mass is 402 g/mol. The number of methoxy groups -OCH3 is 3. The predicted octanol–water partition coefficient (Wildman–Crippen LogP) is 3.86. The van der Waals surface area contributed by atoms with Gasteiger partial charge in [-0.25, -0.2) is 0 Å². The second kappa shape index (κ2) is 9.05. The summed E-state index contributed by atoms with van der Waals surface area (Å²) in [4.78, 5) is 11.9. The van der Waals surface area contributed by atoms with Gasteiger partial charge in [-0.3, -0.25) is 4.79 Å². The number of esters is 1. The topological polar surface area (TPSA) is 72.5 Å². The third-order valence-corrected chi connectivity index (χ3v) is 4.76. The molecule has 7 heteroatoms. The summed E-state index contributed by atoms with van der Waals surface area (Å²) in [6, 6.07) is 11.0. The molecule has 0 bridgehead atoms. The quantitative estimate of drug-likeness (QED) is 0.651. The maximum Gasteiger partial charge on any atom is 0.303 e. The highest BCUT2D eigenvalue weighted by atomic mass is 16.6. The van der Waals surface area contributed by atoms with E-state index in [2.05, 4.69) is 0 Å². The third-order valence-electron chi connectivity index (χ3n) is 4.76. The second-order valence-corrected chi connectivity index (χ2v) is 6.51. The van der Waals surface area contributed by atoms with E-state index in [1.54, 1.807) is 33.5 Å². The number of carbonyl (C=O) groups excluding carboxylic acids is 1. The van der Waals surface area contributed by atoms with Gasteiger partial charge >= 0.3 is 5.97 Å². The molecular formula is C22H26O7. The Labute approximate surface area is 170 Å². The molecule has 1 heterocycles. The molecule has 0 fully saturated rings. The molecular weight excluding hydrogens is 376 g/mol. The first-order chi connectivity index (χ1) is 14.0. The highest BCUT2D eigenvalue weighted by molar-refractivity contribution is 5.66. The zero-order valence-electron chi connectivity index (χ0n) is 17.3. The van der Waals surface area contributed by atoms with Crippen LogP contribution in [0.4, 0.5) is 0 Å². The van der Waals surface area contributed by atoms with Crippen LogP contribution >= 0.6 is 0 Å². The van der Waals surface area contributed by atoms with Gasteiger partial charge < -0.3 is 28.4 Å². The fraction of sp³-hybridized carbons (Fsp3) is 0.409. The Balaban J connectivity index is 2.11. The fourth-order valence-corrected chi connectivity index (χ4v) is 3.49. The van der Waals surface area contributed by atoms with Gasteiger partial charge in [0.1, 0.15) is 17.6 Å². The van der Waals surface area contributed by atoms with Gasteiger partial charge in [-0.15, -0.1) is 0 Å². The molecule has 2 aromatic rings. The van der Waals surface area contributed by atoms with Gasteiger partial charge in [0.2, 0.25) is 0 Å². The number of hydrogen-bond donors (Lipinski definition) is 0. The van der Waals surface area contributed by atoms with Crippen LogP contribution in [0.3, 0.4) is 0 Å².